The van der Waals surface area contributed by atoms with Crippen LogP contribution in [0.2, 0.25) is 0 Å². The van der Waals surface area contributed by atoms with Gasteiger partial charge in [-0.05, 0) is 25.3 Å². The first kappa shape index (κ1) is 22.2. The van der Waals surface area contributed by atoms with Crippen molar-refractivity contribution >= 4 is 17.6 Å². The Labute approximate surface area is 167 Å². The average Bonchev–Trinajstić information content (AvgIpc) is 3.14. The molecule has 2 heterocycles. The fraction of sp³-hybridized carbons (Fsp3) is 0.800. The fourth-order valence-electron chi connectivity index (χ4n) is 2.94. The number of aromatic nitrogens is 2. The fourth-order valence-corrected chi connectivity index (χ4v) is 3.96. The van der Waals surface area contributed by atoms with E-state index in [1.54, 1.807) is 16.3 Å². The first-order valence-electron chi connectivity index (χ1n) is 10.4. The number of hydrogen-bond donors (Lipinski definition) is 0. The molecule has 0 N–H and O–H groups in total. The smallest absolute Gasteiger partial charge is 0.351 e. The van der Waals surface area contributed by atoms with Crippen molar-refractivity contribution < 1.29 is 9.47 Å². The van der Waals surface area contributed by atoms with Crippen molar-refractivity contribution in [3.05, 3.63) is 22.7 Å². The molecule has 1 saturated heterocycles. The molecule has 1 aromatic heterocycles. The van der Waals surface area contributed by atoms with Crippen molar-refractivity contribution in [1.29, 1.82) is 0 Å². The summed E-state index contributed by atoms with van der Waals surface area (Å²) >= 11 is 1.70. The molecule has 1 aliphatic heterocycles. The largest absolute Gasteiger partial charge is 0.378 e. The van der Waals surface area contributed by atoms with Crippen LogP contribution in [0.3, 0.4) is 0 Å². The SMILES string of the molecule is CCCCOC[C@@H]1O[C@H](n2ccc(N(CCCC)CCCC)nc2=O)CS1. The van der Waals surface area contributed by atoms with Gasteiger partial charge in [-0.25, -0.2) is 4.79 Å². The molecule has 1 aliphatic rings. The first-order chi connectivity index (χ1) is 13.2. The molecule has 0 bridgehead atoms. The van der Waals surface area contributed by atoms with Gasteiger partial charge in [0, 0.05) is 31.6 Å². The third kappa shape index (κ3) is 7.12. The van der Waals surface area contributed by atoms with E-state index in [4.69, 9.17) is 9.47 Å². The summed E-state index contributed by atoms with van der Waals surface area (Å²) in [5.74, 6) is 1.53. The van der Waals surface area contributed by atoms with Gasteiger partial charge in [-0.15, -0.1) is 11.8 Å². The Kier molecular flexibility index (Phi) is 10.2. The van der Waals surface area contributed by atoms with Crippen LogP contribution in [-0.4, -0.2) is 47.0 Å². The number of hydrogen-bond acceptors (Lipinski definition) is 6. The Morgan fingerprint density at radius 1 is 1.22 bits per heavy atom. The van der Waals surface area contributed by atoms with Crippen molar-refractivity contribution in [3.63, 3.8) is 0 Å². The summed E-state index contributed by atoms with van der Waals surface area (Å²) in [7, 11) is 0. The maximum absolute atomic E-state index is 12.6. The number of rotatable bonds is 13. The minimum absolute atomic E-state index is 0.0101. The summed E-state index contributed by atoms with van der Waals surface area (Å²) in [5, 5.41) is 0. The van der Waals surface area contributed by atoms with E-state index in [1.165, 1.54) is 0 Å². The molecule has 0 radical (unpaired) electrons. The van der Waals surface area contributed by atoms with E-state index >= 15 is 0 Å². The van der Waals surface area contributed by atoms with Gasteiger partial charge in [-0.1, -0.05) is 40.0 Å². The lowest BCUT2D eigenvalue weighted by atomic mass is 10.2. The normalized spacial score (nSPS) is 19.5. The molecule has 2 atom stereocenters. The van der Waals surface area contributed by atoms with Gasteiger partial charge in [0.1, 0.15) is 17.5 Å². The van der Waals surface area contributed by atoms with Crippen LogP contribution in [0.5, 0.6) is 0 Å². The molecular formula is C20H35N3O3S. The predicted octanol–water partition coefficient (Wildman–Crippen LogP) is 4.05. The lowest BCUT2D eigenvalue weighted by Crippen LogP contribution is -2.33. The van der Waals surface area contributed by atoms with Gasteiger partial charge in [0.2, 0.25) is 0 Å². The van der Waals surface area contributed by atoms with Crippen molar-refractivity contribution in [2.45, 2.75) is 71.0 Å². The van der Waals surface area contributed by atoms with Gasteiger partial charge in [-0.2, -0.15) is 4.98 Å². The second kappa shape index (κ2) is 12.4. The molecule has 2 rings (SSSR count). The highest BCUT2D eigenvalue weighted by atomic mass is 32.2. The highest BCUT2D eigenvalue weighted by Crippen LogP contribution is 2.31. The number of anilines is 1. The summed E-state index contributed by atoms with van der Waals surface area (Å²) in [6.07, 6.45) is 8.25. The highest BCUT2D eigenvalue weighted by molar-refractivity contribution is 8.00. The van der Waals surface area contributed by atoms with E-state index in [0.29, 0.717) is 6.61 Å². The topological polar surface area (TPSA) is 56.6 Å². The lowest BCUT2D eigenvalue weighted by Gasteiger charge is -2.24. The lowest BCUT2D eigenvalue weighted by molar-refractivity contribution is -0.0250. The molecule has 27 heavy (non-hydrogen) atoms. The Balaban J connectivity index is 1.96. The number of thioether (sulfide) groups is 1. The summed E-state index contributed by atoms with van der Waals surface area (Å²) < 4.78 is 13.2. The summed E-state index contributed by atoms with van der Waals surface area (Å²) in [6, 6.07) is 1.95. The van der Waals surface area contributed by atoms with E-state index in [2.05, 4.69) is 30.7 Å². The van der Waals surface area contributed by atoms with Crippen LogP contribution in [-0.2, 0) is 9.47 Å². The zero-order valence-corrected chi connectivity index (χ0v) is 17.9. The number of nitrogens with zero attached hydrogens (tertiary/aromatic N) is 3. The van der Waals surface area contributed by atoms with Crippen LogP contribution in [0.15, 0.2) is 17.1 Å². The minimum atomic E-state index is -0.261. The van der Waals surface area contributed by atoms with Gasteiger partial charge < -0.3 is 14.4 Å². The zero-order valence-electron chi connectivity index (χ0n) is 17.1. The van der Waals surface area contributed by atoms with Gasteiger partial charge in [0.25, 0.3) is 0 Å². The van der Waals surface area contributed by atoms with Crippen molar-refractivity contribution in [2.24, 2.45) is 0 Å². The second-order valence-corrected chi connectivity index (χ2v) is 8.14. The van der Waals surface area contributed by atoms with Gasteiger partial charge in [-0.3, -0.25) is 4.57 Å². The van der Waals surface area contributed by atoms with Gasteiger partial charge in [0.05, 0.1) is 6.61 Å². The molecule has 0 unspecified atom stereocenters. The standard InChI is InChI=1S/C20H35N3O3S/c1-4-7-11-22(12-8-5-2)17-10-13-23(20(24)21-17)18-16-27-19(26-18)15-25-14-9-6-3/h10,13,18-19H,4-9,11-12,14-16H2,1-3H3/t18-,19+/m0/s1. The molecule has 1 fully saturated rings. The third-order valence-corrected chi connectivity index (χ3v) is 5.74. The Hall–Kier alpha value is -1.05. The Bertz CT molecular complexity index is 588. The van der Waals surface area contributed by atoms with Crippen LogP contribution in [0, 0.1) is 0 Å². The van der Waals surface area contributed by atoms with Crippen molar-refractivity contribution in [3.8, 4) is 0 Å². The number of ether oxygens (including phenoxy) is 2. The Morgan fingerprint density at radius 2 is 1.93 bits per heavy atom. The maximum Gasteiger partial charge on any atom is 0.351 e. The van der Waals surface area contributed by atoms with Gasteiger partial charge >= 0.3 is 5.69 Å². The third-order valence-electron chi connectivity index (χ3n) is 4.64. The molecule has 0 saturated carbocycles. The molecule has 0 spiro atoms. The molecular weight excluding hydrogens is 362 g/mol. The zero-order chi connectivity index (χ0) is 19.5. The minimum Gasteiger partial charge on any atom is -0.378 e. The molecule has 6 nitrogen and oxygen atoms in total. The van der Waals surface area contributed by atoms with E-state index in [9.17, 15) is 4.79 Å². The molecule has 154 valence electrons. The molecule has 1 aromatic rings. The maximum atomic E-state index is 12.6. The van der Waals surface area contributed by atoms with Crippen molar-refractivity contribution in [2.75, 3.05) is 37.0 Å². The monoisotopic (exact) mass is 397 g/mol. The summed E-state index contributed by atoms with van der Waals surface area (Å²) in [4.78, 5) is 19.2. The van der Waals surface area contributed by atoms with E-state index in [-0.39, 0.29) is 17.4 Å². The molecule has 0 aliphatic carbocycles. The molecule has 7 heteroatoms. The van der Waals surface area contributed by atoms with Crippen LogP contribution < -0.4 is 10.6 Å². The summed E-state index contributed by atoms with van der Waals surface area (Å²) in [6.45, 7) is 9.74. The van der Waals surface area contributed by atoms with E-state index in [1.807, 2.05) is 12.3 Å². The van der Waals surface area contributed by atoms with Crippen LogP contribution in [0.4, 0.5) is 5.82 Å². The average molecular weight is 398 g/mol. The number of unbranched alkanes of at least 4 members (excludes halogenated alkanes) is 3. The Morgan fingerprint density at radius 3 is 2.56 bits per heavy atom. The quantitative estimate of drug-likeness (QED) is 0.468. The second-order valence-electron chi connectivity index (χ2n) is 6.95. The van der Waals surface area contributed by atoms with Gasteiger partial charge in [0.15, 0.2) is 0 Å². The van der Waals surface area contributed by atoms with Crippen LogP contribution in [0.25, 0.3) is 0 Å². The predicted molar refractivity (Wildman–Crippen MR) is 113 cm³/mol. The van der Waals surface area contributed by atoms with E-state index in [0.717, 1.165) is 69.8 Å². The van der Waals surface area contributed by atoms with Crippen LogP contribution in [0.1, 0.15) is 65.5 Å². The van der Waals surface area contributed by atoms with Crippen LogP contribution >= 0.6 is 11.8 Å². The highest BCUT2D eigenvalue weighted by Gasteiger charge is 2.28. The molecule has 0 amide bonds. The summed E-state index contributed by atoms with van der Waals surface area (Å²) in [5.41, 5.74) is -0.243. The van der Waals surface area contributed by atoms with E-state index < -0.39 is 0 Å². The molecule has 0 aromatic carbocycles. The first-order valence-corrected chi connectivity index (χ1v) is 11.4. The van der Waals surface area contributed by atoms with Crippen molar-refractivity contribution in [1.82, 2.24) is 9.55 Å².